The van der Waals surface area contributed by atoms with Gasteiger partial charge in [-0.15, -0.1) is 0 Å². The SMILES string of the molecule is CC(C)/C=C(\C#N)C(=O)N1CCC[C@H]1CNC(=O)N[C@@H](CCc1ccccc1)B1O[C@@H]2C[C@@H]3C[C@@H](C3(C)C)[C@]2(C)O1. The number of carbonyl (C=O) groups is 2. The second-order valence-corrected chi connectivity index (χ2v) is 13.6. The van der Waals surface area contributed by atoms with Crippen LogP contribution in [0.4, 0.5) is 4.79 Å². The summed E-state index contributed by atoms with van der Waals surface area (Å²) in [5, 5.41) is 15.7. The highest BCUT2D eigenvalue weighted by Gasteiger charge is 2.68. The first-order valence-electron chi connectivity index (χ1n) is 15.4. The minimum Gasteiger partial charge on any atom is -0.404 e. The molecule has 5 aliphatic rings. The number of urea groups is 1. The van der Waals surface area contributed by atoms with Gasteiger partial charge < -0.3 is 24.8 Å². The van der Waals surface area contributed by atoms with Gasteiger partial charge in [0.1, 0.15) is 11.6 Å². The zero-order valence-corrected chi connectivity index (χ0v) is 25.2. The molecule has 2 bridgehead atoms. The predicted octanol–water partition coefficient (Wildman–Crippen LogP) is 4.65. The first-order chi connectivity index (χ1) is 19.5. The van der Waals surface area contributed by atoms with E-state index in [4.69, 9.17) is 9.31 Å². The van der Waals surface area contributed by atoms with Crippen molar-refractivity contribution >= 4 is 19.1 Å². The molecule has 2 N–H and O–H groups in total. The lowest BCUT2D eigenvalue weighted by molar-refractivity contribution is -0.199. The number of carbonyl (C=O) groups excluding carboxylic acids is 2. The standard InChI is InChI=1S/C32H45BN4O4/c1-21(2)16-23(19-34)29(38)37-15-9-12-25(37)20-35-30(39)36-28(14-13-22-10-7-6-8-11-22)33-40-27-18-24-17-26(31(24,3)4)32(27,5)41-33/h6-8,10-11,16,21,24-28H,9,12-15,17-18,20H2,1-5H3,(H2,35,36,39)/b23-16+/t24-,25-,26-,27+,28-,32-/m0/s1. The van der Waals surface area contributed by atoms with Crippen LogP contribution in [-0.4, -0.2) is 60.7 Å². The summed E-state index contributed by atoms with van der Waals surface area (Å²) in [6, 6.07) is 11.9. The molecule has 6 rings (SSSR count). The minimum atomic E-state index is -0.515. The molecule has 5 fully saturated rings. The third-order valence-corrected chi connectivity index (χ3v) is 10.2. The van der Waals surface area contributed by atoms with Gasteiger partial charge in [0.2, 0.25) is 0 Å². The lowest BCUT2D eigenvalue weighted by Crippen LogP contribution is -2.65. The summed E-state index contributed by atoms with van der Waals surface area (Å²) in [6.45, 7) is 11.7. The smallest absolute Gasteiger partial charge is 0.404 e. The average molecular weight is 561 g/mol. The lowest BCUT2D eigenvalue weighted by Gasteiger charge is -2.64. The number of likely N-dealkylation sites (tertiary alicyclic amines) is 1. The van der Waals surface area contributed by atoms with Gasteiger partial charge in [0.25, 0.3) is 5.91 Å². The van der Waals surface area contributed by atoms with Gasteiger partial charge in [0.15, 0.2) is 0 Å². The van der Waals surface area contributed by atoms with Gasteiger partial charge >= 0.3 is 13.1 Å². The molecule has 220 valence electrons. The Morgan fingerprint density at radius 3 is 2.66 bits per heavy atom. The maximum absolute atomic E-state index is 13.3. The highest BCUT2D eigenvalue weighted by molar-refractivity contribution is 6.47. The fraction of sp³-hybridized carbons (Fsp3) is 0.656. The molecular formula is C32H45BN4O4. The van der Waals surface area contributed by atoms with Crippen LogP contribution in [0.1, 0.15) is 72.3 Å². The fourth-order valence-electron chi connectivity index (χ4n) is 7.70. The fourth-order valence-corrected chi connectivity index (χ4v) is 7.70. The number of nitrogens with zero attached hydrogens (tertiary/aromatic N) is 2. The van der Waals surface area contributed by atoms with Crippen LogP contribution >= 0.6 is 0 Å². The molecule has 6 atom stereocenters. The Balaban J connectivity index is 1.23. The number of hydrogen-bond donors (Lipinski definition) is 2. The third-order valence-electron chi connectivity index (χ3n) is 10.2. The van der Waals surface area contributed by atoms with Crippen molar-refractivity contribution in [3.05, 3.63) is 47.5 Å². The van der Waals surface area contributed by atoms with E-state index in [0.29, 0.717) is 31.3 Å². The van der Waals surface area contributed by atoms with Crippen molar-refractivity contribution in [1.82, 2.24) is 15.5 Å². The van der Waals surface area contributed by atoms with Crippen LogP contribution in [0.3, 0.4) is 0 Å². The van der Waals surface area contributed by atoms with E-state index >= 15 is 0 Å². The molecule has 3 saturated carbocycles. The van der Waals surface area contributed by atoms with Crippen molar-refractivity contribution < 1.29 is 18.9 Å². The molecule has 3 amide bonds. The Kier molecular flexibility index (Phi) is 8.55. The normalized spacial score (nSPS) is 30.8. The van der Waals surface area contributed by atoms with Gasteiger partial charge in [0.05, 0.1) is 17.6 Å². The molecular weight excluding hydrogens is 515 g/mol. The summed E-state index contributed by atoms with van der Waals surface area (Å²) < 4.78 is 13.3. The Morgan fingerprint density at radius 2 is 1.98 bits per heavy atom. The third kappa shape index (κ3) is 5.92. The zero-order chi connectivity index (χ0) is 29.4. The van der Waals surface area contributed by atoms with Gasteiger partial charge in [-0.05, 0) is 74.2 Å². The summed E-state index contributed by atoms with van der Waals surface area (Å²) in [6.07, 6.45) is 7.03. The minimum absolute atomic E-state index is 0.0413. The highest BCUT2D eigenvalue weighted by atomic mass is 16.7. The topological polar surface area (TPSA) is 104 Å². The van der Waals surface area contributed by atoms with Crippen LogP contribution in [-0.2, 0) is 20.5 Å². The molecule has 2 heterocycles. The largest absolute Gasteiger partial charge is 0.481 e. The summed E-state index contributed by atoms with van der Waals surface area (Å²) in [4.78, 5) is 28.0. The van der Waals surface area contributed by atoms with Gasteiger partial charge in [-0.1, -0.05) is 64.1 Å². The molecule has 2 saturated heterocycles. The summed E-state index contributed by atoms with van der Waals surface area (Å²) >= 11 is 0. The summed E-state index contributed by atoms with van der Waals surface area (Å²) in [5.41, 5.74) is 1.27. The van der Waals surface area contributed by atoms with Crippen molar-refractivity contribution in [2.45, 2.75) is 96.8 Å². The van der Waals surface area contributed by atoms with Gasteiger partial charge in [0, 0.05) is 19.1 Å². The molecule has 0 spiro atoms. The zero-order valence-electron chi connectivity index (χ0n) is 25.2. The van der Waals surface area contributed by atoms with Crippen molar-refractivity contribution in [1.29, 1.82) is 5.26 Å². The van der Waals surface area contributed by atoms with E-state index < -0.39 is 7.12 Å². The second kappa shape index (κ2) is 11.8. The molecule has 0 radical (unpaired) electrons. The lowest BCUT2D eigenvalue weighted by atomic mass is 9.43. The van der Waals surface area contributed by atoms with Crippen molar-refractivity contribution in [3.63, 3.8) is 0 Å². The van der Waals surface area contributed by atoms with Crippen molar-refractivity contribution in [3.8, 4) is 6.07 Å². The molecule has 41 heavy (non-hydrogen) atoms. The van der Waals surface area contributed by atoms with E-state index in [-0.39, 0.29) is 52.5 Å². The number of nitriles is 1. The Labute approximate surface area is 245 Å². The van der Waals surface area contributed by atoms with Crippen LogP contribution in [0.15, 0.2) is 42.0 Å². The number of aryl methyl sites for hydroxylation is 1. The van der Waals surface area contributed by atoms with E-state index in [1.165, 1.54) is 12.0 Å². The average Bonchev–Trinajstić information content (AvgIpc) is 3.56. The number of hydrogen-bond acceptors (Lipinski definition) is 5. The molecule has 0 unspecified atom stereocenters. The van der Waals surface area contributed by atoms with E-state index in [9.17, 15) is 14.9 Å². The van der Waals surface area contributed by atoms with Crippen molar-refractivity contribution in [2.24, 2.45) is 23.2 Å². The maximum atomic E-state index is 13.3. The maximum Gasteiger partial charge on any atom is 0.481 e. The van der Waals surface area contributed by atoms with Crippen molar-refractivity contribution in [2.75, 3.05) is 13.1 Å². The first kappa shape index (κ1) is 29.7. The Hall–Kier alpha value is -2.83. The van der Waals surface area contributed by atoms with E-state index in [1.807, 2.05) is 32.0 Å². The first-order valence-corrected chi connectivity index (χ1v) is 15.4. The Morgan fingerprint density at radius 1 is 1.22 bits per heavy atom. The number of allylic oxidation sites excluding steroid dienone is 1. The van der Waals surface area contributed by atoms with Gasteiger partial charge in [-0.2, -0.15) is 5.26 Å². The van der Waals surface area contributed by atoms with E-state index in [1.54, 1.807) is 11.0 Å². The number of amides is 3. The van der Waals surface area contributed by atoms with Crippen LogP contribution in [0.2, 0.25) is 0 Å². The number of rotatable bonds is 9. The molecule has 2 aliphatic heterocycles. The molecule has 3 aliphatic carbocycles. The Bertz CT molecular complexity index is 1200. The van der Waals surface area contributed by atoms with Crippen LogP contribution in [0.5, 0.6) is 0 Å². The molecule has 8 nitrogen and oxygen atoms in total. The van der Waals surface area contributed by atoms with Crippen LogP contribution in [0.25, 0.3) is 0 Å². The van der Waals surface area contributed by atoms with Gasteiger partial charge in [-0.25, -0.2) is 4.79 Å². The molecule has 0 aromatic heterocycles. The van der Waals surface area contributed by atoms with E-state index in [0.717, 1.165) is 25.7 Å². The summed E-state index contributed by atoms with van der Waals surface area (Å²) in [5.74, 6) is 0.631. The quantitative estimate of drug-likeness (QED) is 0.260. The van der Waals surface area contributed by atoms with Crippen LogP contribution < -0.4 is 10.6 Å². The summed E-state index contributed by atoms with van der Waals surface area (Å²) in [7, 11) is -0.515. The van der Waals surface area contributed by atoms with Crippen LogP contribution in [0, 0.1) is 34.5 Å². The number of nitrogens with one attached hydrogen (secondary N) is 2. The molecule has 1 aromatic carbocycles. The molecule has 1 aromatic rings. The molecule has 9 heteroatoms. The van der Waals surface area contributed by atoms with Gasteiger partial charge in [-0.3, -0.25) is 4.79 Å². The monoisotopic (exact) mass is 560 g/mol. The van der Waals surface area contributed by atoms with E-state index in [2.05, 4.69) is 49.6 Å². The highest BCUT2D eigenvalue weighted by Crippen LogP contribution is 2.65. The number of benzene rings is 1. The second-order valence-electron chi connectivity index (χ2n) is 13.6. The predicted molar refractivity (Wildman–Crippen MR) is 158 cm³/mol.